The molecule has 7 atom stereocenters. The van der Waals surface area contributed by atoms with Crippen LogP contribution in [0.2, 0.25) is 0 Å². The molecular formula is C21H32N2O3. The van der Waals surface area contributed by atoms with Crippen LogP contribution in [0.3, 0.4) is 0 Å². The smallest absolute Gasteiger partial charge is 0.310 e. The summed E-state index contributed by atoms with van der Waals surface area (Å²) >= 11 is 0. The largest absolute Gasteiger partial charge is 0.469 e. The molecule has 2 aliphatic heterocycles. The van der Waals surface area contributed by atoms with Crippen LogP contribution in [-0.2, 0) is 14.3 Å². The monoisotopic (exact) mass is 360 g/mol. The molecule has 0 amide bonds. The molecule has 2 heterocycles. The number of likely N-dealkylation sites (tertiary alicyclic amines) is 1. The number of fused-ring (bicyclic) bond motifs is 5. The fraction of sp³-hybridized carbons (Fsp3) is 0.810. The van der Waals surface area contributed by atoms with Crippen LogP contribution in [0.15, 0.2) is 11.6 Å². The Morgan fingerprint density at radius 2 is 2.04 bits per heavy atom. The average molecular weight is 360 g/mol. The fourth-order valence-corrected chi connectivity index (χ4v) is 6.39. The number of rotatable bonds is 1. The van der Waals surface area contributed by atoms with Crippen molar-refractivity contribution in [2.24, 2.45) is 23.7 Å². The van der Waals surface area contributed by atoms with Gasteiger partial charge in [-0.15, -0.1) is 0 Å². The van der Waals surface area contributed by atoms with E-state index in [9.17, 15) is 9.59 Å². The van der Waals surface area contributed by atoms with Crippen LogP contribution in [0.4, 0.5) is 0 Å². The number of methoxy groups -OCH3 is 1. The molecule has 26 heavy (non-hydrogen) atoms. The van der Waals surface area contributed by atoms with Crippen molar-refractivity contribution in [3.8, 4) is 0 Å². The number of hydrogen-bond acceptors (Lipinski definition) is 5. The number of nitrogens with zero attached hydrogens (tertiary/aromatic N) is 1. The van der Waals surface area contributed by atoms with Crippen molar-refractivity contribution in [3.63, 3.8) is 0 Å². The average Bonchev–Trinajstić information content (AvgIpc) is 3.01. The molecule has 5 nitrogen and oxygen atoms in total. The Morgan fingerprint density at radius 3 is 2.77 bits per heavy atom. The van der Waals surface area contributed by atoms with E-state index in [2.05, 4.69) is 23.3 Å². The van der Waals surface area contributed by atoms with Crippen molar-refractivity contribution in [2.45, 2.75) is 63.6 Å². The van der Waals surface area contributed by atoms with Crippen molar-refractivity contribution in [1.29, 1.82) is 0 Å². The first-order chi connectivity index (χ1) is 12.5. The van der Waals surface area contributed by atoms with E-state index in [0.29, 0.717) is 30.1 Å². The van der Waals surface area contributed by atoms with Crippen LogP contribution in [-0.4, -0.2) is 55.5 Å². The number of nitrogens with one attached hydrogen (secondary N) is 1. The van der Waals surface area contributed by atoms with E-state index in [0.717, 1.165) is 13.0 Å². The van der Waals surface area contributed by atoms with Crippen molar-refractivity contribution < 1.29 is 14.3 Å². The second kappa shape index (κ2) is 7.08. The number of allylic oxidation sites excluding steroid dienone is 1. The van der Waals surface area contributed by atoms with E-state index in [1.54, 1.807) is 0 Å². The number of piperidine rings is 1. The number of Topliss-reactive ketones (excluding diaryl/α,β-unsaturated/α-hetero) is 1. The highest BCUT2D eigenvalue weighted by atomic mass is 16.5. The summed E-state index contributed by atoms with van der Waals surface area (Å²) < 4.78 is 5.20. The van der Waals surface area contributed by atoms with Gasteiger partial charge in [-0.1, -0.05) is 24.5 Å². The molecule has 4 aliphatic rings. The number of hydrogen-bond donors (Lipinski definition) is 1. The normalized spacial score (nSPS) is 44.8. The Hall–Kier alpha value is -1.20. The first kappa shape index (κ1) is 18.2. The lowest BCUT2D eigenvalue weighted by Gasteiger charge is -2.47. The summed E-state index contributed by atoms with van der Waals surface area (Å²) in [6, 6.07) is 0.638. The highest BCUT2D eigenvalue weighted by Gasteiger charge is 2.54. The summed E-state index contributed by atoms with van der Waals surface area (Å²) in [4.78, 5) is 28.3. The van der Waals surface area contributed by atoms with Crippen LogP contribution in [0.25, 0.3) is 0 Å². The topological polar surface area (TPSA) is 58.6 Å². The maximum Gasteiger partial charge on any atom is 0.310 e. The molecule has 5 heteroatoms. The Balaban J connectivity index is 1.72. The van der Waals surface area contributed by atoms with E-state index < -0.39 is 0 Å². The van der Waals surface area contributed by atoms with Gasteiger partial charge in [0.25, 0.3) is 0 Å². The van der Waals surface area contributed by atoms with Crippen molar-refractivity contribution in [2.75, 3.05) is 20.7 Å². The number of carbonyl (C=O) groups is 2. The first-order valence-corrected chi connectivity index (χ1v) is 10.3. The van der Waals surface area contributed by atoms with Crippen LogP contribution in [0.1, 0.15) is 45.4 Å². The summed E-state index contributed by atoms with van der Waals surface area (Å²) in [7, 11) is 3.60. The van der Waals surface area contributed by atoms with Gasteiger partial charge in [-0.05, 0) is 45.1 Å². The van der Waals surface area contributed by atoms with Crippen LogP contribution in [0, 0.1) is 23.7 Å². The van der Waals surface area contributed by atoms with E-state index in [-0.39, 0.29) is 29.9 Å². The summed E-state index contributed by atoms with van der Waals surface area (Å²) in [5.41, 5.74) is 1.21. The third-order valence-corrected chi connectivity index (χ3v) is 7.64. The maximum atomic E-state index is 13.2. The van der Waals surface area contributed by atoms with Gasteiger partial charge in [-0.2, -0.15) is 0 Å². The predicted molar refractivity (Wildman–Crippen MR) is 99.6 cm³/mol. The second-order valence-electron chi connectivity index (χ2n) is 8.77. The van der Waals surface area contributed by atoms with Crippen molar-refractivity contribution in [1.82, 2.24) is 10.2 Å². The van der Waals surface area contributed by atoms with Gasteiger partial charge in [-0.3, -0.25) is 14.5 Å². The molecule has 0 aromatic carbocycles. The molecule has 2 saturated carbocycles. The zero-order valence-corrected chi connectivity index (χ0v) is 16.2. The first-order valence-electron chi connectivity index (χ1n) is 10.3. The minimum absolute atomic E-state index is 0.00784. The number of carbonyl (C=O) groups excluding carboxylic acids is 2. The van der Waals surface area contributed by atoms with Gasteiger partial charge in [-0.25, -0.2) is 0 Å². The number of likely N-dealkylation sites (N-methyl/N-ethyl adjacent to an activating group) is 1. The zero-order valence-electron chi connectivity index (χ0n) is 16.2. The lowest BCUT2D eigenvalue weighted by molar-refractivity contribution is -0.152. The molecule has 4 fully saturated rings. The van der Waals surface area contributed by atoms with Gasteiger partial charge >= 0.3 is 5.97 Å². The van der Waals surface area contributed by atoms with E-state index >= 15 is 0 Å². The SMILES string of the molecule is CC=C1CN(C)C2CC3C(NC4CCCCC43)C(=O)CC1C2C(=O)OC. The second-order valence-corrected chi connectivity index (χ2v) is 8.77. The summed E-state index contributed by atoms with van der Waals surface area (Å²) in [5, 5.41) is 3.70. The third kappa shape index (κ3) is 2.84. The molecule has 144 valence electrons. The van der Waals surface area contributed by atoms with Crippen molar-refractivity contribution >= 4 is 11.8 Å². The van der Waals surface area contributed by atoms with Gasteiger partial charge in [0.1, 0.15) is 0 Å². The quantitative estimate of drug-likeness (QED) is 0.574. The molecule has 0 spiro atoms. The van der Waals surface area contributed by atoms with E-state index in [4.69, 9.17) is 4.74 Å². The molecule has 0 aromatic heterocycles. The molecule has 0 radical (unpaired) electrons. The molecule has 2 bridgehead atoms. The van der Waals surface area contributed by atoms with Gasteiger partial charge in [0, 0.05) is 31.0 Å². The molecule has 4 rings (SSSR count). The van der Waals surface area contributed by atoms with Crippen molar-refractivity contribution in [3.05, 3.63) is 11.6 Å². The van der Waals surface area contributed by atoms with E-state index in [1.165, 1.54) is 38.4 Å². The number of ketones is 1. The van der Waals surface area contributed by atoms with Crippen LogP contribution in [0.5, 0.6) is 0 Å². The molecule has 7 unspecified atom stereocenters. The molecule has 2 saturated heterocycles. The fourth-order valence-electron chi connectivity index (χ4n) is 6.39. The Labute approximate surface area is 156 Å². The molecular weight excluding hydrogens is 328 g/mol. The highest BCUT2D eigenvalue weighted by Crippen LogP contribution is 2.47. The molecule has 2 aliphatic carbocycles. The van der Waals surface area contributed by atoms with Gasteiger partial charge in [0.05, 0.1) is 19.1 Å². The molecule has 1 N–H and O–H groups in total. The minimum Gasteiger partial charge on any atom is -0.469 e. The van der Waals surface area contributed by atoms with Gasteiger partial charge < -0.3 is 10.1 Å². The Bertz CT molecular complexity index is 616. The third-order valence-electron chi connectivity index (χ3n) is 7.64. The lowest BCUT2D eigenvalue weighted by Crippen LogP contribution is -2.56. The number of ether oxygens (including phenoxy) is 1. The standard InChI is InChI=1S/C21H32N2O3/c1-4-12-11-23(2)17-9-15-13-7-5-6-8-16(13)22-20(15)18(24)10-14(12)19(17)21(25)26-3/h4,13-17,19-20,22H,5-11H2,1-3H3. The van der Waals surface area contributed by atoms with Gasteiger partial charge in [0.2, 0.25) is 0 Å². The van der Waals surface area contributed by atoms with Crippen LogP contribution >= 0.6 is 0 Å². The number of esters is 1. The minimum atomic E-state index is -0.225. The Morgan fingerprint density at radius 1 is 1.27 bits per heavy atom. The lowest BCUT2D eigenvalue weighted by atomic mass is 9.65. The highest BCUT2D eigenvalue weighted by molar-refractivity contribution is 5.87. The van der Waals surface area contributed by atoms with Gasteiger partial charge in [0.15, 0.2) is 5.78 Å². The van der Waals surface area contributed by atoms with E-state index in [1.807, 2.05) is 6.92 Å². The maximum absolute atomic E-state index is 13.2. The Kier molecular flexibility index (Phi) is 4.95. The summed E-state index contributed by atoms with van der Waals surface area (Å²) in [6.07, 6.45) is 8.44. The zero-order chi connectivity index (χ0) is 18.4. The predicted octanol–water partition coefficient (Wildman–Crippen LogP) is 2.16. The summed E-state index contributed by atoms with van der Waals surface area (Å²) in [6.45, 7) is 2.87. The summed E-state index contributed by atoms with van der Waals surface area (Å²) in [5.74, 6) is 0.877. The molecule has 0 aromatic rings. The van der Waals surface area contributed by atoms with Crippen LogP contribution < -0.4 is 5.32 Å².